The Morgan fingerprint density at radius 2 is 0.962 bits per heavy atom. The van der Waals surface area contributed by atoms with Gasteiger partial charge in [-0.15, -0.1) is 0 Å². The molecule has 0 unspecified atom stereocenters. The molecule has 0 amide bonds. The molecule has 11 aromatic rings. The molecule has 0 saturated heterocycles. The lowest BCUT2D eigenvalue weighted by Crippen LogP contribution is -2.74. The highest BCUT2D eigenvalue weighted by atomic mass is 28.3. The van der Waals surface area contributed by atoms with E-state index >= 15 is 0 Å². The Labute approximate surface area is 306 Å². The molecule has 8 aromatic carbocycles. The summed E-state index contributed by atoms with van der Waals surface area (Å²) < 4.78 is 9.44. The molecule has 0 atom stereocenters. The molecule has 0 bridgehead atoms. The van der Waals surface area contributed by atoms with Gasteiger partial charge in [0, 0.05) is 16.5 Å². The summed E-state index contributed by atoms with van der Waals surface area (Å²) in [6.45, 7) is 0. The molecule has 3 heterocycles. The highest BCUT2D eigenvalue weighted by Gasteiger charge is 2.44. The number of hydrogen-bond donors (Lipinski definition) is 0. The molecule has 0 spiro atoms. The van der Waals surface area contributed by atoms with Crippen LogP contribution in [0.5, 0.6) is 0 Å². The highest BCUT2D eigenvalue weighted by Crippen LogP contribution is 2.37. The number of rotatable bonds is 5. The summed E-state index contributed by atoms with van der Waals surface area (Å²) in [6.07, 6.45) is 0. The largest absolute Gasteiger partial charge is 0.436 e. The van der Waals surface area contributed by atoms with Crippen LogP contribution < -0.4 is 20.7 Å². The fourth-order valence-electron chi connectivity index (χ4n) is 8.68. The zero-order valence-electron chi connectivity index (χ0n) is 28.6. The van der Waals surface area contributed by atoms with Crippen LogP contribution in [0.15, 0.2) is 192 Å². The second-order valence-corrected chi connectivity index (χ2v) is 17.5. The summed E-state index contributed by atoms with van der Waals surface area (Å²) >= 11 is 0. The average Bonchev–Trinajstić information content (AvgIpc) is 3.77. The first-order valence-corrected chi connectivity index (χ1v) is 20.0. The average molecular weight is 694 g/mol. The van der Waals surface area contributed by atoms with Gasteiger partial charge in [-0.25, -0.2) is 9.97 Å². The van der Waals surface area contributed by atoms with E-state index in [9.17, 15) is 0 Å². The summed E-state index contributed by atoms with van der Waals surface area (Å²) in [7, 11) is -3.03. The Bertz CT molecular complexity index is 3020. The predicted octanol–water partition coefficient (Wildman–Crippen LogP) is 9.16. The number of fused-ring (bicyclic) bond motifs is 9. The van der Waals surface area contributed by atoms with E-state index in [0.29, 0.717) is 5.71 Å². The molecule has 5 heteroatoms. The second kappa shape index (κ2) is 11.6. The third-order valence-electron chi connectivity index (χ3n) is 10.9. The quantitative estimate of drug-likeness (QED) is 0.133. The summed E-state index contributed by atoms with van der Waals surface area (Å²) in [5, 5.41) is 10.7. The van der Waals surface area contributed by atoms with Gasteiger partial charge in [0.1, 0.15) is 11.1 Å². The van der Waals surface area contributed by atoms with Crippen molar-refractivity contribution in [1.29, 1.82) is 0 Å². The van der Waals surface area contributed by atoms with Crippen molar-refractivity contribution in [2.24, 2.45) is 0 Å². The molecule has 4 nitrogen and oxygen atoms in total. The minimum atomic E-state index is -3.03. The van der Waals surface area contributed by atoms with Gasteiger partial charge in [-0.3, -0.25) is 0 Å². The van der Waals surface area contributed by atoms with Gasteiger partial charge in [-0.2, -0.15) is 0 Å². The fourth-order valence-corrected chi connectivity index (χ4v) is 13.6. The molecule has 0 N–H and O–H groups in total. The second-order valence-electron chi connectivity index (χ2n) is 13.7. The van der Waals surface area contributed by atoms with Crippen LogP contribution in [0.3, 0.4) is 0 Å². The molecule has 0 aliphatic heterocycles. The number of aromatic nitrogens is 3. The number of nitrogens with zero attached hydrogens (tertiary/aromatic N) is 3. The first kappa shape index (κ1) is 29.9. The predicted molar refractivity (Wildman–Crippen MR) is 222 cm³/mol. The third kappa shape index (κ3) is 4.35. The number of hydrogen-bond acceptors (Lipinski definition) is 3. The smallest absolute Gasteiger partial charge is 0.246 e. The molecular formula is C48H31N3OSi. The summed E-state index contributed by atoms with van der Waals surface area (Å²) in [4.78, 5) is 10.3. The lowest BCUT2D eigenvalue weighted by atomic mass is 10.0. The number of benzene rings is 8. The van der Waals surface area contributed by atoms with Crippen molar-refractivity contribution in [2.45, 2.75) is 0 Å². The molecule has 53 heavy (non-hydrogen) atoms. The van der Waals surface area contributed by atoms with Crippen LogP contribution in [0.1, 0.15) is 0 Å². The van der Waals surface area contributed by atoms with Crippen LogP contribution in [-0.4, -0.2) is 22.6 Å². The number of furan rings is 1. The molecule has 0 aliphatic rings. The molecule has 11 rings (SSSR count). The standard InChI is InChI=1S/C48H31N3OSi/c1-4-16-34(17-5-1)53(35-18-6-2-7-19-35,36-20-8-3-9-21-36)44-31-32-30-33(51-42-26-14-10-22-38(42)39-23-11-15-27-43(39)51)28-29-37(32)45-46-48(52-47(44)45)50-41-25-13-12-24-40(41)49-46/h1-31H. The van der Waals surface area contributed by atoms with Crippen LogP contribution in [0.25, 0.3) is 71.5 Å². The maximum absolute atomic E-state index is 7.04. The Kier molecular flexibility index (Phi) is 6.54. The fraction of sp³-hybridized carbons (Fsp3) is 0. The SMILES string of the molecule is c1ccc([Si](c2ccccc2)(c2ccccc2)c2cc3cc(-n4c5ccccc5c5ccccc54)ccc3c3c2oc2nc4ccccc4nc23)cc1. The molecule has 0 radical (unpaired) electrons. The van der Waals surface area contributed by atoms with Crippen LogP contribution in [0.2, 0.25) is 0 Å². The van der Waals surface area contributed by atoms with E-state index in [1.165, 1.54) is 42.6 Å². The van der Waals surface area contributed by atoms with Crippen molar-refractivity contribution in [3.63, 3.8) is 0 Å². The minimum absolute atomic E-state index is 0.552. The van der Waals surface area contributed by atoms with Gasteiger partial charge in [0.25, 0.3) is 0 Å². The minimum Gasteiger partial charge on any atom is -0.436 e. The maximum atomic E-state index is 7.04. The van der Waals surface area contributed by atoms with Gasteiger partial charge in [0.2, 0.25) is 5.71 Å². The first-order chi connectivity index (χ1) is 26.3. The van der Waals surface area contributed by atoms with E-state index in [1.54, 1.807) is 0 Å². The van der Waals surface area contributed by atoms with Crippen LogP contribution in [-0.2, 0) is 0 Å². The van der Waals surface area contributed by atoms with Gasteiger partial charge in [-0.1, -0.05) is 152 Å². The summed E-state index contributed by atoms with van der Waals surface area (Å²) in [5.74, 6) is 0. The molecule has 0 saturated carbocycles. The Balaban J connectivity index is 1.34. The Hall–Kier alpha value is -6.82. The maximum Gasteiger partial charge on any atom is 0.246 e. The van der Waals surface area contributed by atoms with Crippen molar-refractivity contribution in [2.75, 3.05) is 0 Å². The van der Waals surface area contributed by atoms with Crippen LogP contribution in [0, 0.1) is 0 Å². The van der Waals surface area contributed by atoms with E-state index in [1.807, 2.05) is 24.3 Å². The molecule has 248 valence electrons. The van der Waals surface area contributed by atoms with E-state index in [-0.39, 0.29) is 0 Å². The Morgan fingerprint density at radius 3 is 1.55 bits per heavy atom. The van der Waals surface area contributed by atoms with Crippen molar-refractivity contribution >= 4 is 94.6 Å². The van der Waals surface area contributed by atoms with Crippen molar-refractivity contribution in [3.8, 4) is 5.69 Å². The van der Waals surface area contributed by atoms with Crippen LogP contribution >= 0.6 is 0 Å². The zero-order chi connectivity index (χ0) is 34.9. The molecular weight excluding hydrogens is 663 g/mol. The van der Waals surface area contributed by atoms with Crippen molar-refractivity contribution in [3.05, 3.63) is 188 Å². The highest BCUT2D eigenvalue weighted by molar-refractivity contribution is 7.20. The van der Waals surface area contributed by atoms with Crippen LogP contribution in [0.4, 0.5) is 0 Å². The van der Waals surface area contributed by atoms with Gasteiger partial charge in [0.15, 0.2) is 8.07 Å². The lowest BCUT2D eigenvalue weighted by Gasteiger charge is -2.34. The monoisotopic (exact) mass is 693 g/mol. The summed E-state index contributed by atoms with van der Waals surface area (Å²) in [6, 6.07) is 67.8. The molecule has 3 aromatic heterocycles. The van der Waals surface area contributed by atoms with Gasteiger partial charge in [0.05, 0.1) is 27.5 Å². The van der Waals surface area contributed by atoms with E-state index < -0.39 is 8.07 Å². The number of para-hydroxylation sites is 4. The van der Waals surface area contributed by atoms with Gasteiger partial charge >= 0.3 is 0 Å². The molecule has 0 fully saturated rings. The van der Waals surface area contributed by atoms with E-state index in [0.717, 1.165) is 44.0 Å². The van der Waals surface area contributed by atoms with Crippen molar-refractivity contribution in [1.82, 2.24) is 14.5 Å². The molecule has 0 aliphatic carbocycles. The van der Waals surface area contributed by atoms with Gasteiger partial charge in [-0.05, 0) is 67.9 Å². The third-order valence-corrected chi connectivity index (χ3v) is 15.7. The lowest BCUT2D eigenvalue weighted by molar-refractivity contribution is 0.657. The van der Waals surface area contributed by atoms with Crippen molar-refractivity contribution < 1.29 is 4.42 Å². The first-order valence-electron chi connectivity index (χ1n) is 18.0. The van der Waals surface area contributed by atoms with E-state index in [2.05, 4.69) is 168 Å². The zero-order valence-corrected chi connectivity index (χ0v) is 29.6. The topological polar surface area (TPSA) is 43.9 Å². The Morgan fingerprint density at radius 1 is 0.453 bits per heavy atom. The van der Waals surface area contributed by atoms with Gasteiger partial charge < -0.3 is 8.98 Å². The summed E-state index contributed by atoms with van der Waals surface area (Å²) in [5.41, 5.74) is 7.32. The normalized spacial score (nSPS) is 12.2. The van der Waals surface area contributed by atoms with E-state index in [4.69, 9.17) is 14.4 Å².